The summed E-state index contributed by atoms with van der Waals surface area (Å²) >= 11 is 5.99. The van der Waals surface area contributed by atoms with Crippen LogP contribution >= 0.6 is 11.6 Å². The predicted molar refractivity (Wildman–Crippen MR) is 102 cm³/mol. The van der Waals surface area contributed by atoms with Gasteiger partial charge in [0.15, 0.2) is 11.5 Å². The van der Waals surface area contributed by atoms with Crippen molar-refractivity contribution in [1.29, 1.82) is 0 Å². The zero-order valence-electron chi connectivity index (χ0n) is 14.4. The Bertz CT molecular complexity index is 1010. The average molecular weight is 387 g/mol. The van der Waals surface area contributed by atoms with Gasteiger partial charge in [-0.3, -0.25) is 4.79 Å². The zero-order chi connectivity index (χ0) is 19.7. The topological polar surface area (TPSA) is 99.4 Å². The van der Waals surface area contributed by atoms with Gasteiger partial charge in [0.25, 0.3) is 5.91 Å². The number of aromatic hydroxyl groups is 1. The molecular formula is C19H15ClN2O5. The van der Waals surface area contributed by atoms with Crippen LogP contribution in [0, 0.1) is 0 Å². The van der Waals surface area contributed by atoms with Crippen molar-refractivity contribution >= 4 is 41.0 Å². The van der Waals surface area contributed by atoms with Crippen LogP contribution in [0.4, 0.5) is 5.69 Å². The number of phenolic OH excluding ortho intramolecular Hbond substituents is 1. The lowest BCUT2D eigenvalue weighted by Gasteiger charge is -2.12. The molecule has 0 aromatic heterocycles. The maximum atomic E-state index is 12.8. The minimum atomic E-state index is -1.09. The monoisotopic (exact) mass is 386 g/mol. The highest BCUT2D eigenvalue weighted by Gasteiger charge is 2.29. The van der Waals surface area contributed by atoms with E-state index in [-0.39, 0.29) is 22.1 Å². The van der Waals surface area contributed by atoms with Gasteiger partial charge < -0.3 is 14.9 Å². The Kier molecular flexibility index (Phi) is 4.87. The van der Waals surface area contributed by atoms with E-state index in [9.17, 15) is 14.7 Å². The third-order valence-corrected chi connectivity index (χ3v) is 4.27. The fraction of sp³-hybridized carbons (Fsp3) is 0.105. The summed E-state index contributed by atoms with van der Waals surface area (Å²) < 4.78 is 5.07. The Labute approximate surface area is 159 Å². The van der Waals surface area contributed by atoms with E-state index in [1.54, 1.807) is 31.2 Å². The van der Waals surface area contributed by atoms with Crippen molar-refractivity contribution in [2.24, 2.45) is 5.10 Å². The molecule has 8 heteroatoms. The first-order valence-electron chi connectivity index (χ1n) is 7.83. The molecule has 138 valence electrons. The fourth-order valence-electron chi connectivity index (χ4n) is 2.63. The summed E-state index contributed by atoms with van der Waals surface area (Å²) in [5, 5.41) is 24.4. The summed E-state index contributed by atoms with van der Waals surface area (Å²) in [5.41, 5.74) is 1.74. The molecule has 0 aliphatic carbocycles. The molecule has 7 nitrogen and oxygen atoms in total. The Hall–Kier alpha value is -3.32. The van der Waals surface area contributed by atoms with Crippen LogP contribution in [-0.4, -0.2) is 34.9 Å². The van der Waals surface area contributed by atoms with Crippen molar-refractivity contribution in [3.05, 3.63) is 58.1 Å². The molecule has 2 aromatic rings. The van der Waals surface area contributed by atoms with Crippen LogP contribution in [0.2, 0.25) is 5.02 Å². The number of anilines is 1. The SMILES string of the molecule is COc1cc(/C=C2\C(=O)N(c3cccc(C(=O)O)c3)N=C2C)cc(Cl)c1O. The number of hydrogen-bond acceptors (Lipinski definition) is 5. The van der Waals surface area contributed by atoms with Crippen LogP contribution in [0.1, 0.15) is 22.8 Å². The highest BCUT2D eigenvalue weighted by molar-refractivity contribution is 6.33. The molecular weight excluding hydrogens is 372 g/mol. The lowest BCUT2D eigenvalue weighted by Crippen LogP contribution is -2.21. The van der Waals surface area contributed by atoms with Gasteiger partial charge in [-0.15, -0.1) is 0 Å². The molecule has 1 aliphatic rings. The van der Waals surface area contributed by atoms with Crippen molar-refractivity contribution in [1.82, 2.24) is 0 Å². The number of carbonyl (C=O) groups excluding carboxylic acids is 1. The normalized spacial score (nSPS) is 15.2. The Morgan fingerprint density at radius 1 is 1.30 bits per heavy atom. The van der Waals surface area contributed by atoms with Gasteiger partial charge in [0, 0.05) is 0 Å². The van der Waals surface area contributed by atoms with E-state index in [2.05, 4.69) is 5.10 Å². The number of hydrogen-bond donors (Lipinski definition) is 2. The van der Waals surface area contributed by atoms with Crippen LogP contribution in [0.3, 0.4) is 0 Å². The van der Waals surface area contributed by atoms with Gasteiger partial charge in [-0.05, 0) is 48.9 Å². The minimum absolute atomic E-state index is 0.0561. The largest absolute Gasteiger partial charge is 0.503 e. The van der Waals surface area contributed by atoms with Crippen LogP contribution < -0.4 is 9.75 Å². The number of aromatic carboxylic acids is 1. The molecule has 1 heterocycles. The third-order valence-electron chi connectivity index (χ3n) is 3.98. The minimum Gasteiger partial charge on any atom is -0.503 e. The maximum Gasteiger partial charge on any atom is 0.335 e. The van der Waals surface area contributed by atoms with Crippen molar-refractivity contribution < 1.29 is 24.5 Å². The number of nitrogens with zero attached hydrogens (tertiary/aromatic N) is 2. The molecule has 0 saturated carbocycles. The number of ether oxygens (including phenoxy) is 1. The standard InChI is InChI=1S/C19H15ClN2O5/c1-10-14(6-11-7-15(20)17(23)16(8-11)27-2)18(24)22(21-10)13-5-3-4-12(9-13)19(25)26/h3-9,23H,1-2H3,(H,25,26)/b14-6-. The molecule has 0 spiro atoms. The van der Waals surface area contributed by atoms with Gasteiger partial charge >= 0.3 is 5.97 Å². The summed E-state index contributed by atoms with van der Waals surface area (Å²) in [5.74, 6) is -1.50. The van der Waals surface area contributed by atoms with Gasteiger partial charge in [-0.2, -0.15) is 10.1 Å². The number of rotatable bonds is 4. The summed E-state index contributed by atoms with van der Waals surface area (Å²) in [4.78, 5) is 23.9. The van der Waals surface area contributed by atoms with Crippen molar-refractivity contribution in [2.75, 3.05) is 12.1 Å². The van der Waals surface area contributed by atoms with Crippen molar-refractivity contribution in [3.8, 4) is 11.5 Å². The summed E-state index contributed by atoms with van der Waals surface area (Å²) in [7, 11) is 1.40. The van der Waals surface area contributed by atoms with Crippen LogP contribution in [0.15, 0.2) is 47.1 Å². The van der Waals surface area contributed by atoms with Gasteiger partial charge in [0.05, 0.1) is 34.7 Å². The molecule has 2 N–H and O–H groups in total. The second-order valence-electron chi connectivity index (χ2n) is 5.77. The molecule has 2 aromatic carbocycles. The molecule has 0 fully saturated rings. The van der Waals surface area contributed by atoms with E-state index in [0.717, 1.165) is 5.01 Å². The Morgan fingerprint density at radius 2 is 2.04 bits per heavy atom. The van der Waals surface area contributed by atoms with E-state index in [1.807, 2.05) is 0 Å². The van der Waals surface area contributed by atoms with E-state index < -0.39 is 11.9 Å². The zero-order valence-corrected chi connectivity index (χ0v) is 15.2. The molecule has 0 atom stereocenters. The molecule has 1 amide bonds. The van der Waals surface area contributed by atoms with Crippen LogP contribution in [0.5, 0.6) is 11.5 Å². The number of phenols is 1. The Morgan fingerprint density at radius 3 is 2.70 bits per heavy atom. The molecule has 1 aliphatic heterocycles. The number of carboxylic acids is 1. The smallest absolute Gasteiger partial charge is 0.335 e. The first-order chi connectivity index (χ1) is 12.8. The first kappa shape index (κ1) is 18.5. The van der Waals surface area contributed by atoms with Crippen molar-refractivity contribution in [2.45, 2.75) is 6.92 Å². The third kappa shape index (κ3) is 3.50. The van der Waals surface area contributed by atoms with E-state index in [1.165, 1.54) is 25.3 Å². The number of benzene rings is 2. The number of amides is 1. The molecule has 27 heavy (non-hydrogen) atoms. The second-order valence-corrected chi connectivity index (χ2v) is 6.18. The number of carboxylic acid groups (broad SMARTS) is 1. The maximum absolute atomic E-state index is 12.8. The quantitative estimate of drug-likeness (QED) is 0.782. The van der Waals surface area contributed by atoms with E-state index in [0.29, 0.717) is 22.5 Å². The van der Waals surface area contributed by atoms with E-state index >= 15 is 0 Å². The molecule has 3 rings (SSSR count). The summed E-state index contributed by atoms with van der Waals surface area (Å²) in [6.07, 6.45) is 1.58. The number of carbonyl (C=O) groups is 2. The lowest BCUT2D eigenvalue weighted by atomic mass is 10.1. The number of halogens is 1. The molecule has 0 bridgehead atoms. The average Bonchev–Trinajstić information content (AvgIpc) is 2.92. The predicted octanol–water partition coefficient (Wildman–Crippen LogP) is 3.56. The number of methoxy groups -OCH3 is 1. The van der Waals surface area contributed by atoms with Crippen LogP contribution in [0.25, 0.3) is 6.08 Å². The van der Waals surface area contributed by atoms with Crippen molar-refractivity contribution in [3.63, 3.8) is 0 Å². The van der Waals surface area contributed by atoms with E-state index in [4.69, 9.17) is 21.4 Å². The summed E-state index contributed by atoms with van der Waals surface area (Å²) in [6.45, 7) is 1.67. The van der Waals surface area contributed by atoms with Gasteiger partial charge in [0.2, 0.25) is 0 Å². The highest BCUT2D eigenvalue weighted by Crippen LogP contribution is 2.36. The van der Waals surface area contributed by atoms with Gasteiger partial charge in [0.1, 0.15) is 0 Å². The second kappa shape index (κ2) is 7.13. The van der Waals surface area contributed by atoms with Crippen LogP contribution in [-0.2, 0) is 4.79 Å². The highest BCUT2D eigenvalue weighted by atomic mass is 35.5. The van der Waals surface area contributed by atoms with Gasteiger partial charge in [-0.1, -0.05) is 17.7 Å². The molecule has 0 unspecified atom stereocenters. The molecule has 0 saturated heterocycles. The first-order valence-corrected chi connectivity index (χ1v) is 8.21. The fourth-order valence-corrected chi connectivity index (χ4v) is 2.85. The Balaban J connectivity index is 1.99. The lowest BCUT2D eigenvalue weighted by molar-refractivity contribution is -0.114. The molecule has 0 radical (unpaired) electrons. The summed E-state index contributed by atoms with van der Waals surface area (Å²) in [6, 6.07) is 9.00. The number of hydrazone groups is 1. The van der Waals surface area contributed by atoms with Gasteiger partial charge in [-0.25, -0.2) is 4.79 Å².